The van der Waals surface area contributed by atoms with Crippen LogP contribution in [0.2, 0.25) is 0 Å². The fourth-order valence-electron chi connectivity index (χ4n) is 3.41. The molecule has 21 heavy (non-hydrogen) atoms. The number of allylic oxidation sites excluding steroid dienone is 1. The summed E-state index contributed by atoms with van der Waals surface area (Å²) in [5.41, 5.74) is 0.611. The largest absolute Gasteiger partial charge is 0.481 e. The Balaban J connectivity index is 2.79. The van der Waals surface area contributed by atoms with Gasteiger partial charge in [-0.3, -0.25) is 4.79 Å². The van der Waals surface area contributed by atoms with Crippen LogP contribution in [0.25, 0.3) is 0 Å². The minimum atomic E-state index is -0.689. The Morgan fingerprint density at radius 2 is 1.95 bits per heavy atom. The first-order valence-corrected chi connectivity index (χ1v) is 8.32. The molecule has 0 radical (unpaired) electrons. The molecule has 3 nitrogen and oxygen atoms in total. The van der Waals surface area contributed by atoms with E-state index in [4.69, 9.17) is 4.74 Å². The number of rotatable bonds is 8. The molecule has 1 saturated carbocycles. The monoisotopic (exact) mass is 296 g/mol. The highest BCUT2D eigenvalue weighted by molar-refractivity contribution is 5.76. The topological polar surface area (TPSA) is 46.5 Å². The predicted octanol–water partition coefficient (Wildman–Crippen LogP) is 4.66. The van der Waals surface area contributed by atoms with Gasteiger partial charge in [0.1, 0.15) is 0 Å². The van der Waals surface area contributed by atoms with Crippen LogP contribution in [-0.4, -0.2) is 23.3 Å². The van der Waals surface area contributed by atoms with Gasteiger partial charge in [0.25, 0.3) is 0 Å². The van der Waals surface area contributed by atoms with Crippen LogP contribution in [0.1, 0.15) is 67.2 Å². The molecule has 3 heteroatoms. The number of carboxylic acid groups (broad SMARTS) is 1. The number of hydrogen-bond donors (Lipinski definition) is 1. The summed E-state index contributed by atoms with van der Waals surface area (Å²) in [6.07, 6.45) is 5.37. The molecule has 3 atom stereocenters. The fraction of sp³-hybridized carbons (Fsp3) is 0.833. The van der Waals surface area contributed by atoms with Crippen molar-refractivity contribution in [2.45, 2.75) is 79.4 Å². The second kappa shape index (κ2) is 7.44. The van der Waals surface area contributed by atoms with Gasteiger partial charge in [0.05, 0.1) is 17.6 Å². The summed E-state index contributed by atoms with van der Waals surface area (Å²) in [5, 5.41) is 9.66. The second-order valence-electron chi connectivity index (χ2n) is 7.20. The van der Waals surface area contributed by atoms with E-state index in [1.165, 1.54) is 5.57 Å². The van der Waals surface area contributed by atoms with Crippen LogP contribution >= 0.6 is 0 Å². The Bertz CT molecular complexity index is 384. The molecule has 0 aromatic heterocycles. The lowest BCUT2D eigenvalue weighted by molar-refractivity contribution is -0.185. The quantitative estimate of drug-likeness (QED) is 0.662. The summed E-state index contributed by atoms with van der Waals surface area (Å²) in [4.78, 5) is 11.8. The van der Waals surface area contributed by atoms with Crippen LogP contribution in [0.5, 0.6) is 0 Å². The van der Waals surface area contributed by atoms with Crippen LogP contribution in [0, 0.1) is 17.3 Å². The third kappa shape index (κ3) is 4.32. The van der Waals surface area contributed by atoms with Crippen molar-refractivity contribution in [1.29, 1.82) is 0 Å². The lowest BCUT2D eigenvalue weighted by atomic mass is 9.62. The average Bonchev–Trinajstić information content (AvgIpc) is 2.36. The van der Waals surface area contributed by atoms with E-state index in [1.54, 1.807) is 0 Å². The van der Waals surface area contributed by atoms with Crippen LogP contribution in [-0.2, 0) is 9.53 Å². The smallest absolute Gasteiger partial charge is 0.312 e. The third-order valence-electron chi connectivity index (χ3n) is 4.51. The van der Waals surface area contributed by atoms with Gasteiger partial charge >= 0.3 is 5.97 Å². The standard InChI is InChI=1S/C18H32O3/c1-7-15(10-12(2)3)14(6)21-16-8-9-18(16,17(19)20)11-13(4)5/h10,12-14,16H,7-9,11H2,1-6H3,(H,19,20)/t14?,16?,18-/m1/s1. The van der Waals surface area contributed by atoms with Crippen LogP contribution in [0.4, 0.5) is 0 Å². The number of carbonyl (C=O) groups is 1. The molecule has 1 aliphatic rings. The van der Waals surface area contributed by atoms with Gasteiger partial charge in [-0.05, 0) is 50.0 Å². The van der Waals surface area contributed by atoms with Gasteiger partial charge in [-0.2, -0.15) is 0 Å². The SMILES string of the molecule is CCC(=CC(C)C)C(C)OC1CC[C@]1(CC(C)C)C(=O)O. The zero-order valence-electron chi connectivity index (χ0n) is 14.5. The molecule has 2 unspecified atom stereocenters. The summed E-state index contributed by atoms with van der Waals surface area (Å²) in [6, 6.07) is 0. The van der Waals surface area contributed by atoms with Gasteiger partial charge in [-0.25, -0.2) is 0 Å². The van der Waals surface area contributed by atoms with Gasteiger partial charge in [-0.15, -0.1) is 0 Å². The minimum absolute atomic E-state index is 0.00795. The molecule has 0 aromatic carbocycles. The Labute approximate surface area is 129 Å². The number of carboxylic acids is 1. The molecule has 0 spiro atoms. The molecule has 1 fully saturated rings. The molecule has 0 aliphatic heterocycles. The van der Waals surface area contributed by atoms with Gasteiger partial charge in [0.15, 0.2) is 0 Å². The lowest BCUT2D eigenvalue weighted by Crippen LogP contribution is -2.54. The molecule has 0 aromatic rings. The summed E-state index contributed by atoms with van der Waals surface area (Å²) in [7, 11) is 0. The van der Waals surface area contributed by atoms with Gasteiger partial charge < -0.3 is 9.84 Å². The van der Waals surface area contributed by atoms with Crippen molar-refractivity contribution >= 4 is 5.97 Å². The van der Waals surface area contributed by atoms with Crippen molar-refractivity contribution in [2.24, 2.45) is 17.3 Å². The first-order valence-electron chi connectivity index (χ1n) is 8.32. The molecular weight excluding hydrogens is 264 g/mol. The van der Waals surface area contributed by atoms with Crippen molar-refractivity contribution in [3.05, 3.63) is 11.6 Å². The highest BCUT2D eigenvalue weighted by Gasteiger charge is 2.54. The number of hydrogen-bond acceptors (Lipinski definition) is 2. The second-order valence-corrected chi connectivity index (χ2v) is 7.20. The molecule has 0 saturated heterocycles. The Hall–Kier alpha value is -0.830. The van der Waals surface area contributed by atoms with Crippen molar-refractivity contribution in [1.82, 2.24) is 0 Å². The van der Waals surface area contributed by atoms with E-state index in [0.717, 1.165) is 19.3 Å². The molecule has 1 N–H and O–H groups in total. The zero-order valence-corrected chi connectivity index (χ0v) is 14.5. The van der Waals surface area contributed by atoms with Crippen molar-refractivity contribution < 1.29 is 14.6 Å². The van der Waals surface area contributed by atoms with E-state index < -0.39 is 11.4 Å². The molecule has 1 rings (SSSR count). The highest BCUT2D eigenvalue weighted by Crippen LogP contribution is 2.49. The van der Waals surface area contributed by atoms with E-state index in [1.807, 2.05) is 0 Å². The van der Waals surface area contributed by atoms with Crippen molar-refractivity contribution in [3.63, 3.8) is 0 Å². The Morgan fingerprint density at radius 3 is 2.29 bits per heavy atom. The van der Waals surface area contributed by atoms with E-state index in [-0.39, 0.29) is 12.2 Å². The van der Waals surface area contributed by atoms with Crippen LogP contribution < -0.4 is 0 Å². The Morgan fingerprint density at radius 1 is 1.33 bits per heavy atom. The molecule has 1 aliphatic carbocycles. The third-order valence-corrected chi connectivity index (χ3v) is 4.51. The lowest BCUT2D eigenvalue weighted by Gasteiger charge is -2.48. The first kappa shape index (κ1) is 18.2. The number of ether oxygens (including phenoxy) is 1. The van der Waals surface area contributed by atoms with Crippen LogP contribution in [0.3, 0.4) is 0 Å². The van der Waals surface area contributed by atoms with Crippen LogP contribution in [0.15, 0.2) is 11.6 Å². The summed E-state index contributed by atoms with van der Waals surface area (Å²) < 4.78 is 6.17. The van der Waals surface area contributed by atoms with E-state index in [0.29, 0.717) is 18.3 Å². The Kier molecular flexibility index (Phi) is 6.45. The summed E-state index contributed by atoms with van der Waals surface area (Å²) in [5.74, 6) is 0.178. The van der Waals surface area contributed by atoms with Gasteiger partial charge in [-0.1, -0.05) is 40.7 Å². The molecular formula is C18H32O3. The number of aliphatic carboxylic acids is 1. The van der Waals surface area contributed by atoms with E-state index in [2.05, 4.69) is 47.6 Å². The summed E-state index contributed by atoms with van der Waals surface area (Å²) in [6.45, 7) is 12.7. The first-order chi connectivity index (χ1) is 9.72. The molecule has 0 heterocycles. The van der Waals surface area contributed by atoms with Gasteiger partial charge in [0.2, 0.25) is 0 Å². The van der Waals surface area contributed by atoms with E-state index in [9.17, 15) is 9.90 Å². The van der Waals surface area contributed by atoms with Crippen molar-refractivity contribution in [3.8, 4) is 0 Å². The van der Waals surface area contributed by atoms with Crippen molar-refractivity contribution in [2.75, 3.05) is 0 Å². The average molecular weight is 296 g/mol. The fourth-order valence-corrected chi connectivity index (χ4v) is 3.41. The predicted molar refractivity (Wildman–Crippen MR) is 86.3 cm³/mol. The van der Waals surface area contributed by atoms with Gasteiger partial charge in [0, 0.05) is 0 Å². The maximum atomic E-state index is 11.8. The normalized spacial score (nSPS) is 27.8. The molecule has 122 valence electrons. The molecule has 0 bridgehead atoms. The maximum Gasteiger partial charge on any atom is 0.312 e. The summed E-state index contributed by atoms with van der Waals surface area (Å²) >= 11 is 0. The highest BCUT2D eigenvalue weighted by atomic mass is 16.5. The van der Waals surface area contributed by atoms with E-state index >= 15 is 0 Å². The zero-order chi connectivity index (χ0) is 16.2. The minimum Gasteiger partial charge on any atom is -0.481 e. The molecule has 0 amide bonds. The maximum absolute atomic E-state index is 11.8.